The van der Waals surface area contributed by atoms with Gasteiger partial charge in [0.2, 0.25) is 0 Å². The molecule has 0 fully saturated rings. The van der Waals surface area contributed by atoms with Crippen molar-refractivity contribution in [3.8, 4) is 0 Å². The molecule has 1 N–H and O–H groups in total. The van der Waals surface area contributed by atoms with E-state index < -0.39 is 5.97 Å². The number of hydrogen-bond donors (Lipinski definition) is 1. The Hall–Kier alpha value is -1.68. The third kappa shape index (κ3) is 2.76. The fraction of sp³-hybridized carbons (Fsp3) is 0.286. The fourth-order valence-electron chi connectivity index (χ4n) is 2.01. The highest BCUT2D eigenvalue weighted by molar-refractivity contribution is 7.09. The smallest absolute Gasteiger partial charge is 0.304 e. The quantitative estimate of drug-likeness (QED) is 0.918. The molecule has 1 aromatic carbocycles. The molecule has 0 saturated carbocycles. The summed E-state index contributed by atoms with van der Waals surface area (Å²) in [5, 5.41) is 11.9. The van der Waals surface area contributed by atoms with Gasteiger partial charge in [0.1, 0.15) is 5.01 Å². The molecule has 0 amide bonds. The number of aliphatic carboxylic acids is 1. The fourth-order valence-corrected chi connectivity index (χ4v) is 2.93. The monoisotopic (exact) mass is 261 g/mol. The van der Waals surface area contributed by atoms with Gasteiger partial charge >= 0.3 is 5.97 Å². The Morgan fingerprint density at radius 2 is 2.11 bits per heavy atom. The van der Waals surface area contributed by atoms with Gasteiger partial charge in [0, 0.05) is 17.0 Å². The van der Waals surface area contributed by atoms with Gasteiger partial charge in [-0.25, -0.2) is 4.98 Å². The molecule has 1 unspecified atom stereocenters. The molecule has 4 heteroatoms. The summed E-state index contributed by atoms with van der Waals surface area (Å²) in [6, 6.07) is 7.89. The summed E-state index contributed by atoms with van der Waals surface area (Å²) < 4.78 is 0. The van der Waals surface area contributed by atoms with Crippen LogP contribution in [0.5, 0.6) is 0 Å². The van der Waals surface area contributed by atoms with E-state index in [4.69, 9.17) is 5.11 Å². The molecule has 1 aromatic heterocycles. The molecule has 0 saturated heterocycles. The standard InChI is InChI=1S/C14H15NO2S/c1-9-5-3-4-6-11(9)12(7-13(16)17)14-15-10(2)8-18-14/h3-6,8,12H,7H2,1-2H3,(H,16,17). The summed E-state index contributed by atoms with van der Waals surface area (Å²) in [5.41, 5.74) is 3.10. The van der Waals surface area contributed by atoms with Gasteiger partial charge in [-0.2, -0.15) is 0 Å². The highest BCUT2D eigenvalue weighted by atomic mass is 32.1. The Labute approximate surface area is 110 Å². The minimum Gasteiger partial charge on any atom is -0.481 e. The maximum Gasteiger partial charge on any atom is 0.304 e. The molecule has 0 aliphatic rings. The minimum atomic E-state index is -0.795. The molecule has 0 spiro atoms. The van der Waals surface area contributed by atoms with Crippen LogP contribution in [0.25, 0.3) is 0 Å². The van der Waals surface area contributed by atoms with Gasteiger partial charge in [-0.15, -0.1) is 11.3 Å². The Morgan fingerprint density at radius 3 is 2.67 bits per heavy atom. The second-order valence-electron chi connectivity index (χ2n) is 4.33. The number of rotatable bonds is 4. The Kier molecular flexibility index (Phi) is 3.77. The number of nitrogens with zero attached hydrogens (tertiary/aromatic N) is 1. The largest absolute Gasteiger partial charge is 0.481 e. The van der Waals surface area contributed by atoms with Crippen LogP contribution in [0.2, 0.25) is 0 Å². The van der Waals surface area contributed by atoms with Crippen molar-refractivity contribution >= 4 is 17.3 Å². The summed E-state index contributed by atoms with van der Waals surface area (Å²) in [6.45, 7) is 3.93. The normalized spacial score (nSPS) is 12.3. The van der Waals surface area contributed by atoms with E-state index in [2.05, 4.69) is 4.98 Å². The maximum atomic E-state index is 11.1. The number of hydrogen-bond acceptors (Lipinski definition) is 3. The zero-order valence-electron chi connectivity index (χ0n) is 10.4. The van der Waals surface area contributed by atoms with Crippen LogP contribution in [-0.2, 0) is 4.79 Å². The molecule has 1 atom stereocenters. The number of aryl methyl sites for hydroxylation is 2. The van der Waals surface area contributed by atoms with Crippen molar-refractivity contribution in [1.29, 1.82) is 0 Å². The van der Waals surface area contributed by atoms with Gasteiger partial charge in [-0.05, 0) is 25.0 Å². The summed E-state index contributed by atoms with van der Waals surface area (Å²) in [7, 11) is 0. The third-order valence-corrected chi connectivity index (χ3v) is 3.95. The van der Waals surface area contributed by atoms with Gasteiger partial charge in [-0.1, -0.05) is 24.3 Å². The molecule has 1 heterocycles. The highest BCUT2D eigenvalue weighted by Crippen LogP contribution is 2.32. The van der Waals surface area contributed by atoms with Crippen molar-refractivity contribution in [3.05, 3.63) is 51.5 Å². The van der Waals surface area contributed by atoms with E-state index in [1.807, 2.05) is 43.5 Å². The van der Waals surface area contributed by atoms with E-state index in [1.165, 1.54) is 11.3 Å². The summed E-state index contributed by atoms with van der Waals surface area (Å²) in [5.74, 6) is -0.946. The summed E-state index contributed by atoms with van der Waals surface area (Å²) in [6.07, 6.45) is 0.0812. The van der Waals surface area contributed by atoms with Crippen LogP contribution in [0.1, 0.15) is 34.2 Å². The van der Waals surface area contributed by atoms with E-state index in [-0.39, 0.29) is 12.3 Å². The van der Waals surface area contributed by atoms with Crippen molar-refractivity contribution in [3.63, 3.8) is 0 Å². The van der Waals surface area contributed by atoms with E-state index in [0.29, 0.717) is 0 Å². The second kappa shape index (κ2) is 5.31. The van der Waals surface area contributed by atoms with Gasteiger partial charge in [0.25, 0.3) is 0 Å². The second-order valence-corrected chi connectivity index (χ2v) is 5.22. The SMILES string of the molecule is Cc1csc(C(CC(=O)O)c2ccccc2C)n1. The Bertz CT molecular complexity index is 562. The lowest BCUT2D eigenvalue weighted by Gasteiger charge is -2.15. The van der Waals surface area contributed by atoms with Gasteiger partial charge in [-0.3, -0.25) is 4.79 Å². The summed E-state index contributed by atoms with van der Waals surface area (Å²) >= 11 is 1.53. The first-order valence-corrected chi connectivity index (χ1v) is 6.65. The van der Waals surface area contributed by atoms with Crippen LogP contribution in [0.3, 0.4) is 0 Å². The zero-order chi connectivity index (χ0) is 13.1. The van der Waals surface area contributed by atoms with E-state index >= 15 is 0 Å². The van der Waals surface area contributed by atoms with Gasteiger partial charge in [0.15, 0.2) is 0 Å². The first kappa shape index (κ1) is 12.8. The van der Waals surface area contributed by atoms with Crippen molar-refractivity contribution in [2.24, 2.45) is 0 Å². The van der Waals surface area contributed by atoms with Crippen molar-refractivity contribution in [2.75, 3.05) is 0 Å². The molecular weight excluding hydrogens is 246 g/mol. The zero-order valence-corrected chi connectivity index (χ0v) is 11.2. The van der Waals surface area contributed by atoms with Crippen LogP contribution in [0.4, 0.5) is 0 Å². The van der Waals surface area contributed by atoms with Crippen LogP contribution < -0.4 is 0 Å². The molecule has 0 aliphatic carbocycles. The first-order valence-electron chi connectivity index (χ1n) is 5.77. The van der Waals surface area contributed by atoms with E-state index in [0.717, 1.165) is 21.8 Å². The maximum absolute atomic E-state index is 11.1. The molecule has 0 aliphatic heterocycles. The van der Waals surface area contributed by atoms with Crippen LogP contribution >= 0.6 is 11.3 Å². The molecule has 2 rings (SSSR count). The Balaban J connectivity index is 2.43. The van der Waals surface area contributed by atoms with E-state index in [9.17, 15) is 4.79 Å². The highest BCUT2D eigenvalue weighted by Gasteiger charge is 2.22. The van der Waals surface area contributed by atoms with Crippen molar-refractivity contribution < 1.29 is 9.90 Å². The predicted octanol–water partition coefficient (Wildman–Crippen LogP) is 3.37. The van der Waals surface area contributed by atoms with Crippen molar-refractivity contribution in [1.82, 2.24) is 4.98 Å². The van der Waals surface area contributed by atoms with Gasteiger partial charge < -0.3 is 5.11 Å². The number of carboxylic acid groups (broad SMARTS) is 1. The molecule has 0 bridgehead atoms. The van der Waals surface area contributed by atoms with Crippen LogP contribution in [0, 0.1) is 13.8 Å². The average molecular weight is 261 g/mol. The average Bonchev–Trinajstić information content (AvgIpc) is 2.73. The molecule has 3 nitrogen and oxygen atoms in total. The number of carbonyl (C=O) groups is 1. The topological polar surface area (TPSA) is 50.2 Å². The lowest BCUT2D eigenvalue weighted by molar-refractivity contribution is -0.137. The molecule has 94 valence electrons. The molecule has 0 radical (unpaired) electrons. The van der Waals surface area contributed by atoms with Crippen LogP contribution in [0.15, 0.2) is 29.6 Å². The predicted molar refractivity (Wildman–Crippen MR) is 72.1 cm³/mol. The lowest BCUT2D eigenvalue weighted by Crippen LogP contribution is -2.09. The number of aromatic nitrogens is 1. The number of carboxylic acids is 1. The molecular formula is C14H15NO2S. The lowest BCUT2D eigenvalue weighted by atomic mass is 9.92. The minimum absolute atomic E-state index is 0.0812. The molecule has 2 aromatic rings. The van der Waals surface area contributed by atoms with E-state index in [1.54, 1.807) is 0 Å². The third-order valence-electron chi connectivity index (χ3n) is 2.88. The number of benzene rings is 1. The first-order chi connectivity index (χ1) is 8.58. The van der Waals surface area contributed by atoms with Crippen LogP contribution in [-0.4, -0.2) is 16.1 Å². The van der Waals surface area contributed by atoms with Crippen molar-refractivity contribution in [2.45, 2.75) is 26.2 Å². The van der Waals surface area contributed by atoms with Gasteiger partial charge in [0.05, 0.1) is 6.42 Å². The number of thiazole rings is 1. The summed E-state index contributed by atoms with van der Waals surface area (Å²) in [4.78, 5) is 15.5. The molecule has 18 heavy (non-hydrogen) atoms. The Morgan fingerprint density at radius 1 is 1.39 bits per heavy atom.